The number of rotatable bonds is 4. The van der Waals surface area contributed by atoms with E-state index >= 15 is 0 Å². The van der Waals surface area contributed by atoms with E-state index in [0.29, 0.717) is 12.8 Å². The second kappa shape index (κ2) is 7.28. The van der Waals surface area contributed by atoms with Gasteiger partial charge in [-0.1, -0.05) is 30.2 Å². The van der Waals surface area contributed by atoms with E-state index in [4.69, 9.17) is 9.47 Å². The Balaban J connectivity index is 1.74. The number of fused-ring (bicyclic) bond motifs is 5. The Bertz CT molecular complexity index is 955. The van der Waals surface area contributed by atoms with Crippen molar-refractivity contribution in [1.29, 1.82) is 0 Å². The molecule has 166 valence electrons. The summed E-state index contributed by atoms with van der Waals surface area (Å²) in [7, 11) is 0. The number of hydrogen-bond donors (Lipinski definition) is 0. The summed E-state index contributed by atoms with van der Waals surface area (Å²) in [6, 6.07) is 0. The van der Waals surface area contributed by atoms with Gasteiger partial charge in [-0.3, -0.25) is 19.2 Å². The van der Waals surface area contributed by atoms with E-state index in [9.17, 15) is 19.2 Å². The van der Waals surface area contributed by atoms with E-state index in [1.54, 1.807) is 12.2 Å². The van der Waals surface area contributed by atoms with Gasteiger partial charge in [-0.05, 0) is 63.0 Å². The molecular weight excluding hydrogens is 396 g/mol. The lowest BCUT2D eigenvalue weighted by Gasteiger charge is -2.54. The maximum Gasteiger partial charge on any atom is 0.303 e. The standard InChI is InChI=1S/C25H30O6/c1-15(26)30-14-22(29)25(31-16(2)27)12-9-21-19-6-5-17-13-18(28)7-10-23(17,3)20(19)8-11-24(21,25)4/h7-8,10,13,19,21H,5-6,9,11-12,14H2,1-4H3/t19-,21-,23-,24-,25-/m0/s1. The van der Waals surface area contributed by atoms with E-state index < -0.39 is 23.0 Å². The van der Waals surface area contributed by atoms with Gasteiger partial charge in [-0.25, -0.2) is 0 Å². The number of allylic oxidation sites excluding steroid dienone is 6. The highest BCUT2D eigenvalue weighted by Gasteiger charge is 2.67. The molecule has 6 heteroatoms. The molecule has 0 bridgehead atoms. The van der Waals surface area contributed by atoms with Crippen molar-refractivity contribution in [3.63, 3.8) is 0 Å². The second-order valence-electron chi connectivity index (χ2n) is 9.80. The lowest BCUT2D eigenvalue weighted by Crippen LogP contribution is -2.57. The molecule has 2 fully saturated rings. The van der Waals surface area contributed by atoms with Gasteiger partial charge < -0.3 is 9.47 Å². The predicted octanol–water partition coefficient (Wildman–Crippen LogP) is 3.65. The summed E-state index contributed by atoms with van der Waals surface area (Å²) in [5.41, 5.74) is 0.322. The second-order valence-corrected chi connectivity index (χ2v) is 9.80. The zero-order chi connectivity index (χ0) is 22.6. The van der Waals surface area contributed by atoms with Crippen molar-refractivity contribution in [3.8, 4) is 0 Å². The molecule has 0 spiro atoms. The van der Waals surface area contributed by atoms with Crippen LogP contribution in [0.2, 0.25) is 0 Å². The normalized spacial score (nSPS) is 38.3. The summed E-state index contributed by atoms with van der Waals surface area (Å²) in [6.07, 6.45) is 11.2. The first-order chi connectivity index (χ1) is 14.5. The third-order valence-corrected chi connectivity index (χ3v) is 8.24. The van der Waals surface area contributed by atoms with Gasteiger partial charge in [0.1, 0.15) is 0 Å². The first-order valence-corrected chi connectivity index (χ1v) is 11.0. The lowest BCUT2D eigenvalue weighted by molar-refractivity contribution is -0.184. The lowest BCUT2D eigenvalue weighted by atomic mass is 9.51. The molecule has 6 nitrogen and oxygen atoms in total. The Kier molecular flexibility index (Phi) is 5.10. The zero-order valence-electron chi connectivity index (χ0n) is 18.7. The summed E-state index contributed by atoms with van der Waals surface area (Å²) in [5.74, 6) is -0.920. The summed E-state index contributed by atoms with van der Waals surface area (Å²) < 4.78 is 10.8. The van der Waals surface area contributed by atoms with Gasteiger partial charge in [0.15, 0.2) is 18.0 Å². The van der Waals surface area contributed by atoms with Gasteiger partial charge in [-0.2, -0.15) is 0 Å². The van der Waals surface area contributed by atoms with Crippen LogP contribution in [0.25, 0.3) is 0 Å². The molecule has 0 aromatic heterocycles. The minimum Gasteiger partial charge on any atom is -0.458 e. The van der Waals surface area contributed by atoms with Gasteiger partial charge in [0.25, 0.3) is 0 Å². The van der Waals surface area contributed by atoms with Crippen molar-refractivity contribution in [2.75, 3.05) is 6.61 Å². The van der Waals surface area contributed by atoms with Crippen LogP contribution in [0.15, 0.2) is 35.5 Å². The third kappa shape index (κ3) is 3.14. The summed E-state index contributed by atoms with van der Waals surface area (Å²) in [4.78, 5) is 48.6. The van der Waals surface area contributed by atoms with Crippen LogP contribution < -0.4 is 0 Å². The summed E-state index contributed by atoms with van der Waals surface area (Å²) >= 11 is 0. The smallest absolute Gasteiger partial charge is 0.303 e. The number of hydrogen-bond acceptors (Lipinski definition) is 6. The maximum absolute atomic E-state index is 13.3. The summed E-state index contributed by atoms with van der Waals surface area (Å²) in [6.45, 7) is 6.41. The molecule has 31 heavy (non-hydrogen) atoms. The van der Waals surface area contributed by atoms with Crippen molar-refractivity contribution >= 4 is 23.5 Å². The number of ketones is 2. The molecular formula is C25H30O6. The van der Waals surface area contributed by atoms with E-state index in [1.807, 2.05) is 13.0 Å². The van der Waals surface area contributed by atoms with Crippen LogP contribution in [0.1, 0.15) is 59.8 Å². The molecule has 0 unspecified atom stereocenters. The average molecular weight is 427 g/mol. The van der Waals surface area contributed by atoms with E-state index in [-0.39, 0.29) is 35.4 Å². The number of carbonyl (C=O) groups excluding carboxylic acids is 4. The molecule has 0 aromatic carbocycles. The van der Waals surface area contributed by atoms with Crippen LogP contribution in [-0.2, 0) is 28.7 Å². The topological polar surface area (TPSA) is 86.7 Å². The van der Waals surface area contributed by atoms with Gasteiger partial charge in [0.05, 0.1) is 0 Å². The predicted molar refractivity (Wildman–Crippen MR) is 113 cm³/mol. The van der Waals surface area contributed by atoms with Gasteiger partial charge >= 0.3 is 11.9 Å². The Morgan fingerprint density at radius 2 is 1.87 bits per heavy atom. The molecule has 5 atom stereocenters. The molecule has 0 radical (unpaired) electrons. The van der Waals surface area contributed by atoms with Gasteiger partial charge in [0.2, 0.25) is 5.78 Å². The fourth-order valence-corrected chi connectivity index (χ4v) is 6.73. The third-order valence-electron chi connectivity index (χ3n) is 8.24. The van der Waals surface area contributed by atoms with E-state index in [0.717, 1.165) is 24.8 Å². The van der Waals surface area contributed by atoms with Crippen molar-refractivity contribution in [2.45, 2.75) is 65.4 Å². The molecule has 0 saturated heterocycles. The summed E-state index contributed by atoms with van der Waals surface area (Å²) in [5, 5.41) is 0. The molecule has 4 aliphatic carbocycles. The minimum atomic E-state index is -1.30. The fraction of sp³-hybridized carbons (Fsp3) is 0.600. The van der Waals surface area contributed by atoms with Gasteiger partial charge in [-0.15, -0.1) is 0 Å². The maximum atomic E-state index is 13.3. The molecule has 0 amide bonds. The highest BCUT2D eigenvalue weighted by molar-refractivity contribution is 6.01. The van der Waals surface area contributed by atoms with Crippen molar-refractivity contribution in [1.82, 2.24) is 0 Å². The first kappa shape index (κ1) is 21.7. The fourth-order valence-electron chi connectivity index (χ4n) is 6.73. The highest BCUT2D eigenvalue weighted by atomic mass is 16.6. The molecule has 0 heterocycles. The van der Waals surface area contributed by atoms with Crippen molar-refractivity contribution in [3.05, 3.63) is 35.5 Å². The zero-order valence-corrected chi connectivity index (χ0v) is 18.7. The molecule has 4 aliphatic rings. The van der Waals surface area contributed by atoms with Crippen LogP contribution in [0.5, 0.6) is 0 Å². The van der Waals surface area contributed by atoms with Crippen LogP contribution in [0, 0.1) is 22.7 Å². The largest absolute Gasteiger partial charge is 0.458 e. The average Bonchev–Trinajstić information content (AvgIpc) is 2.99. The molecule has 0 aliphatic heterocycles. The Labute approximate surface area is 182 Å². The Hall–Kier alpha value is -2.50. The monoisotopic (exact) mass is 426 g/mol. The van der Waals surface area contributed by atoms with E-state index in [1.165, 1.54) is 19.4 Å². The molecule has 4 rings (SSSR count). The Morgan fingerprint density at radius 1 is 1.13 bits per heavy atom. The number of ether oxygens (including phenoxy) is 2. The molecule has 0 aromatic rings. The molecule has 2 saturated carbocycles. The van der Waals surface area contributed by atoms with Gasteiger partial charge in [0, 0.05) is 24.7 Å². The van der Waals surface area contributed by atoms with Crippen molar-refractivity contribution < 1.29 is 28.7 Å². The Morgan fingerprint density at radius 3 is 2.55 bits per heavy atom. The van der Waals surface area contributed by atoms with Crippen LogP contribution in [0.4, 0.5) is 0 Å². The minimum absolute atomic E-state index is 0.0398. The quantitative estimate of drug-likeness (QED) is 0.504. The van der Waals surface area contributed by atoms with E-state index in [2.05, 4.69) is 13.0 Å². The van der Waals surface area contributed by atoms with Crippen molar-refractivity contribution in [2.24, 2.45) is 22.7 Å². The SMILES string of the molecule is CC(=O)OCC(=O)[C@@]1(OC(C)=O)CC[C@H]2[C@H]3CCC4=CC(=O)C=C[C@]4(C)C3=CC[C@@]21C. The molecule has 0 N–H and O–H groups in total. The number of esters is 2. The highest BCUT2D eigenvalue weighted by Crippen LogP contribution is 2.66. The van der Waals surface area contributed by atoms with Crippen LogP contribution in [0.3, 0.4) is 0 Å². The number of Topliss-reactive ketones (excluding diaryl/α,β-unsaturated/α-hetero) is 1. The van der Waals surface area contributed by atoms with Crippen LogP contribution >= 0.6 is 0 Å². The first-order valence-electron chi connectivity index (χ1n) is 11.0. The van der Waals surface area contributed by atoms with Crippen LogP contribution in [-0.4, -0.2) is 35.7 Å². The number of carbonyl (C=O) groups is 4.